The number of esters is 1. The van der Waals surface area contributed by atoms with E-state index >= 15 is 0 Å². The number of aliphatic hydroxyl groups is 4. The van der Waals surface area contributed by atoms with E-state index in [1.807, 2.05) is 30.3 Å². The monoisotopic (exact) mass is 318 g/mol. The smallest absolute Gasteiger partial charge is 0.343 e. The maximum Gasteiger partial charge on any atom is 0.343 e. The molecule has 0 unspecified atom stereocenters. The summed E-state index contributed by atoms with van der Waals surface area (Å²) in [5, 5.41) is 37.0. The Bertz CT molecular complexity index is 625. The minimum Gasteiger partial charge on any atom is -0.425 e. The predicted molar refractivity (Wildman–Crippen MR) is 82.6 cm³/mol. The highest BCUT2D eigenvalue weighted by molar-refractivity contribution is 5.78. The summed E-state index contributed by atoms with van der Waals surface area (Å²) in [5.74, 6) is -0.920. The van der Waals surface area contributed by atoms with Crippen LogP contribution < -0.4 is 4.74 Å². The summed E-state index contributed by atoms with van der Waals surface area (Å²) in [6.07, 6.45) is -5.40. The van der Waals surface area contributed by atoms with Gasteiger partial charge in [0, 0.05) is 0 Å². The zero-order valence-corrected chi connectivity index (χ0v) is 12.2. The zero-order valence-electron chi connectivity index (χ0n) is 12.2. The Hall–Kier alpha value is -2.25. The molecule has 0 saturated carbocycles. The molecule has 0 spiro atoms. The second-order valence-electron chi connectivity index (χ2n) is 5.00. The number of hydrogen-bond acceptors (Lipinski definition) is 6. The third kappa shape index (κ3) is 4.37. The summed E-state index contributed by atoms with van der Waals surface area (Å²) in [4.78, 5) is 11.7. The molecular formula is C17H18O6. The molecule has 0 bridgehead atoms. The molecule has 0 aliphatic heterocycles. The van der Waals surface area contributed by atoms with Crippen molar-refractivity contribution in [3.63, 3.8) is 0 Å². The first-order chi connectivity index (χ1) is 11.0. The molecule has 2 rings (SSSR count). The second kappa shape index (κ2) is 7.85. The first-order valence-corrected chi connectivity index (χ1v) is 7.05. The fraction of sp³-hybridized carbons (Fsp3) is 0.235. The Morgan fingerprint density at radius 3 is 2.04 bits per heavy atom. The molecule has 23 heavy (non-hydrogen) atoms. The number of aliphatic hydroxyl groups excluding tert-OH is 4. The van der Waals surface area contributed by atoms with Crippen molar-refractivity contribution in [2.24, 2.45) is 0 Å². The zero-order chi connectivity index (χ0) is 16.8. The quantitative estimate of drug-likeness (QED) is 0.452. The first-order valence-electron chi connectivity index (χ1n) is 7.05. The molecule has 0 aromatic heterocycles. The van der Waals surface area contributed by atoms with Crippen molar-refractivity contribution in [1.29, 1.82) is 0 Å². The molecule has 0 saturated heterocycles. The Kier molecular flexibility index (Phi) is 5.84. The first kappa shape index (κ1) is 17.1. The summed E-state index contributed by atoms with van der Waals surface area (Å²) >= 11 is 0. The van der Waals surface area contributed by atoms with Crippen LogP contribution in [-0.2, 0) is 4.79 Å². The summed E-state index contributed by atoms with van der Waals surface area (Å²) in [6.45, 7) is -0.780. The Labute approximate surface area is 133 Å². The predicted octanol–water partition coefficient (Wildman–Crippen LogP) is 0.334. The van der Waals surface area contributed by atoms with Gasteiger partial charge in [-0.3, -0.25) is 0 Å². The van der Waals surface area contributed by atoms with Gasteiger partial charge in [0.25, 0.3) is 0 Å². The minimum absolute atomic E-state index is 0.194. The summed E-state index contributed by atoms with van der Waals surface area (Å²) in [6, 6.07) is 16.2. The van der Waals surface area contributed by atoms with E-state index in [9.17, 15) is 20.1 Å². The van der Waals surface area contributed by atoms with E-state index in [1.54, 1.807) is 24.3 Å². The molecule has 6 heteroatoms. The SMILES string of the molecule is O=C(Oc1ccc(-c2ccccc2)cc1)[C@@H](O)[C@H](O)[C@H](O)CO. The van der Waals surface area contributed by atoms with Crippen molar-refractivity contribution in [1.82, 2.24) is 0 Å². The van der Waals surface area contributed by atoms with Crippen LogP contribution in [0.2, 0.25) is 0 Å². The van der Waals surface area contributed by atoms with Crippen molar-refractivity contribution in [2.75, 3.05) is 6.61 Å². The van der Waals surface area contributed by atoms with Crippen LogP contribution in [0, 0.1) is 0 Å². The largest absolute Gasteiger partial charge is 0.425 e. The van der Waals surface area contributed by atoms with Crippen molar-refractivity contribution in [2.45, 2.75) is 18.3 Å². The topological polar surface area (TPSA) is 107 Å². The Balaban J connectivity index is 2.02. The van der Waals surface area contributed by atoms with Crippen LogP contribution in [0.1, 0.15) is 0 Å². The minimum atomic E-state index is -1.95. The lowest BCUT2D eigenvalue weighted by atomic mass is 10.1. The third-order valence-electron chi connectivity index (χ3n) is 3.33. The van der Waals surface area contributed by atoms with Crippen LogP contribution in [-0.4, -0.2) is 51.3 Å². The molecule has 0 fully saturated rings. The molecule has 2 aromatic rings. The van der Waals surface area contributed by atoms with Crippen molar-refractivity contribution >= 4 is 5.97 Å². The number of benzene rings is 2. The van der Waals surface area contributed by atoms with E-state index in [0.717, 1.165) is 11.1 Å². The second-order valence-corrected chi connectivity index (χ2v) is 5.00. The molecule has 2 aromatic carbocycles. The van der Waals surface area contributed by atoms with Gasteiger partial charge in [-0.25, -0.2) is 4.79 Å². The van der Waals surface area contributed by atoms with Crippen LogP contribution in [0.4, 0.5) is 0 Å². The molecule has 6 nitrogen and oxygen atoms in total. The van der Waals surface area contributed by atoms with E-state index in [-0.39, 0.29) is 5.75 Å². The number of hydrogen-bond donors (Lipinski definition) is 4. The van der Waals surface area contributed by atoms with Gasteiger partial charge in [-0.15, -0.1) is 0 Å². The molecule has 0 aliphatic rings. The van der Waals surface area contributed by atoms with Crippen LogP contribution >= 0.6 is 0 Å². The molecule has 0 radical (unpaired) electrons. The molecule has 4 N–H and O–H groups in total. The fourth-order valence-corrected chi connectivity index (χ4v) is 1.98. The van der Waals surface area contributed by atoms with Crippen LogP contribution in [0.25, 0.3) is 11.1 Å². The Morgan fingerprint density at radius 2 is 1.48 bits per heavy atom. The summed E-state index contributed by atoms with van der Waals surface area (Å²) in [7, 11) is 0. The van der Waals surface area contributed by atoms with Gasteiger partial charge >= 0.3 is 5.97 Å². The van der Waals surface area contributed by atoms with Crippen LogP contribution in [0.15, 0.2) is 54.6 Å². The van der Waals surface area contributed by atoms with Gasteiger partial charge in [-0.2, -0.15) is 0 Å². The van der Waals surface area contributed by atoms with Gasteiger partial charge < -0.3 is 25.2 Å². The van der Waals surface area contributed by atoms with E-state index in [2.05, 4.69) is 0 Å². The lowest BCUT2D eigenvalue weighted by Crippen LogP contribution is -2.45. The van der Waals surface area contributed by atoms with E-state index < -0.39 is 30.9 Å². The Morgan fingerprint density at radius 1 is 0.913 bits per heavy atom. The molecule has 0 heterocycles. The lowest BCUT2D eigenvalue weighted by molar-refractivity contribution is -0.156. The standard InChI is InChI=1S/C17H18O6/c18-10-14(19)15(20)16(21)17(22)23-13-8-6-12(7-9-13)11-4-2-1-3-5-11/h1-9,14-16,18-21H,10H2/t14-,15-,16+/m1/s1. The molecular weight excluding hydrogens is 300 g/mol. The van der Waals surface area contributed by atoms with Crippen LogP contribution in [0.3, 0.4) is 0 Å². The van der Waals surface area contributed by atoms with Gasteiger partial charge in [0.1, 0.15) is 18.0 Å². The number of rotatable bonds is 6. The third-order valence-corrected chi connectivity index (χ3v) is 3.33. The van der Waals surface area contributed by atoms with Gasteiger partial charge in [0.2, 0.25) is 0 Å². The normalized spacial score (nSPS) is 14.8. The highest BCUT2D eigenvalue weighted by atomic mass is 16.6. The van der Waals surface area contributed by atoms with Crippen molar-refractivity contribution < 1.29 is 30.0 Å². The maximum absolute atomic E-state index is 11.7. The van der Waals surface area contributed by atoms with E-state index in [4.69, 9.17) is 9.84 Å². The fourth-order valence-electron chi connectivity index (χ4n) is 1.98. The van der Waals surface area contributed by atoms with Gasteiger partial charge in [-0.05, 0) is 23.3 Å². The molecule has 0 amide bonds. The van der Waals surface area contributed by atoms with Gasteiger partial charge in [0.15, 0.2) is 6.10 Å². The van der Waals surface area contributed by atoms with E-state index in [0.29, 0.717) is 0 Å². The summed E-state index contributed by atoms with van der Waals surface area (Å²) in [5.41, 5.74) is 1.94. The highest BCUT2D eigenvalue weighted by Gasteiger charge is 2.31. The van der Waals surface area contributed by atoms with Crippen LogP contribution in [0.5, 0.6) is 5.75 Å². The average Bonchev–Trinajstić information content (AvgIpc) is 2.61. The molecule has 3 atom stereocenters. The molecule has 0 aliphatic carbocycles. The van der Waals surface area contributed by atoms with Crippen molar-refractivity contribution in [3.05, 3.63) is 54.6 Å². The number of carbonyl (C=O) groups is 1. The highest BCUT2D eigenvalue weighted by Crippen LogP contribution is 2.22. The van der Waals surface area contributed by atoms with E-state index in [1.165, 1.54) is 0 Å². The summed E-state index contributed by atoms with van der Waals surface area (Å²) < 4.78 is 4.94. The van der Waals surface area contributed by atoms with Gasteiger partial charge in [-0.1, -0.05) is 42.5 Å². The lowest BCUT2D eigenvalue weighted by Gasteiger charge is -2.20. The molecule has 122 valence electrons. The number of ether oxygens (including phenoxy) is 1. The van der Waals surface area contributed by atoms with Gasteiger partial charge in [0.05, 0.1) is 6.61 Å². The average molecular weight is 318 g/mol. The number of carbonyl (C=O) groups excluding carboxylic acids is 1. The maximum atomic E-state index is 11.7. The van der Waals surface area contributed by atoms with Crippen molar-refractivity contribution in [3.8, 4) is 16.9 Å².